The molecule has 0 spiro atoms. The van der Waals surface area contributed by atoms with Crippen LogP contribution in [0.1, 0.15) is 39.6 Å². The molecule has 176 valence electrons. The Morgan fingerprint density at radius 2 is 1.73 bits per heavy atom. The normalized spacial score (nSPS) is 12.9. The van der Waals surface area contributed by atoms with Crippen LogP contribution in [0, 0.1) is 11.7 Å². The van der Waals surface area contributed by atoms with Crippen LogP contribution in [0.15, 0.2) is 53.7 Å². The molecule has 1 amide bonds. The van der Waals surface area contributed by atoms with E-state index in [0.29, 0.717) is 40.6 Å². The maximum absolute atomic E-state index is 13.1. The molecule has 0 aliphatic carbocycles. The number of methoxy groups -OCH3 is 1. The molecule has 0 aliphatic heterocycles. The summed E-state index contributed by atoms with van der Waals surface area (Å²) in [5.74, 6) is 1.71. The first-order chi connectivity index (χ1) is 15.8. The molecule has 0 saturated heterocycles. The number of benzene rings is 2. The summed E-state index contributed by atoms with van der Waals surface area (Å²) in [5, 5.41) is 11.7. The Labute approximate surface area is 197 Å². The Bertz CT molecular complexity index is 1070. The summed E-state index contributed by atoms with van der Waals surface area (Å²) < 4.78 is 26.6. The highest BCUT2D eigenvalue weighted by Crippen LogP contribution is 2.32. The minimum atomic E-state index is -0.441. The number of rotatable bonds is 10. The monoisotopic (exact) mass is 472 g/mol. The maximum Gasteiger partial charge on any atom is 0.237 e. The molecular weight excluding hydrogens is 443 g/mol. The van der Waals surface area contributed by atoms with Gasteiger partial charge in [-0.2, -0.15) is 0 Å². The Kier molecular flexibility index (Phi) is 8.32. The van der Waals surface area contributed by atoms with Crippen LogP contribution in [0.25, 0.3) is 0 Å². The Morgan fingerprint density at radius 1 is 1.06 bits per heavy atom. The quantitative estimate of drug-likeness (QED) is 0.401. The highest BCUT2D eigenvalue weighted by Gasteiger charge is 2.24. The van der Waals surface area contributed by atoms with E-state index in [1.54, 1.807) is 14.0 Å². The van der Waals surface area contributed by atoms with Gasteiger partial charge in [0.15, 0.2) is 28.6 Å². The fourth-order valence-electron chi connectivity index (χ4n) is 3.17. The number of nitrogens with one attached hydrogen (secondary N) is 1. The van der Waals surface area contributed by atoms with Gasteiger partial charge in [-0.1, -0.05) is 37.7 Å². The van der Waals surface area contributed by atoms with E-state index >= 15 is 0 Å². The molecule has 2 atom stereocenters. The van der Waals surface area contributed by atoms with Crippen LogP contribution in [-0.2, 0) is 11.3 Å². The van der Waals surface area contributed by atoms with Gasteiger partial charge < -0.3 is 19.4 Å². The SMILES string of the molecule is COc1ccccc1OC(C)c1nnc(SC(C)C(=O)Nc2ccc(F)cc2)n1CC(C)C. The van der Waals surface area contributed by atoms with E-state index in [1.807, 2.05) is 35.8 Å². The molecular formula is C24H29FN4O3S. The molecule has 2 aromatic carbocycles. The van der Waals surface area contributed by atoms with Crippen LogP contribution >= 0.6 is 11.8 Å². The summed E-state index contributed by atoms with van der Waals surface area (Å²) in [5.41, 5.74) is 0.539. The number of carbonyl (C=O) groups is 1. The van der Waals surface area contributed by atoms with Crippen molar-refractivity contribution in [3.05, 3.63) is 60.2 Å². The van der Waals surface area contributed by atoms with Crippen molar-refractivity contribution >= 4 is 23.4 Å². The molecule has 33 heavy (non-hydrogen) atoms. The van der Waals surface area contributed by atoms with Gasteiger partial charge in [0.25, 0.3) is 0 Å². The average Bonchev–Trinajstić information content (AvgIpc) is 3.17. The third-order valence-corrected chi connectivity index (χ3v) is 5.87. The second kappa shape index (κ2) is 11.2. The molecule has 1 aromatic heterocycles. The van der Waals surface area contributed by atoms with E-state index < -0.39 is 5.25 Å². The van der Waals surface area contributed by atoms with Gasteiger partial charge in [-0.15, -0.1) is 10.2 Å². The Hall–Kier alpha value is -3.07. The molecule has 3 rings (SSSR count). The van der Waals surface area contributed by atoms with Crippen molar-refractivity contribution in [3.8, 4) is 11.5 Å². The van der Waals surface area contributed by atoms with E-state index in [1.165, 1.54) is 36.0 Å². The number of amides is 1. The first-order valence-electron chi connectivity index (χ1n) is 10.7. The lowest BCUT2D eigenvalue weighted by Crippen LogP contribution is -2.23. The molecule has 0 fully saturated rings. The highest BCUT2D eigenvalue weighted by molar-refractivity contribution is 8.00. The number of ether oxygens (including phenoxy) is 2. The van der Waals surface area contributed by atoms with E-state index in [9.17, 15) is 9.18 Å². The molecule has 2 unspecified atom stereocenters. The van der Waals surface area contributed by atoms with Gasteiger partial charge in [0.05, 0.1) is 12.4 Å². The molecule has 7 nitrogen and oxygen atoms in total. The van der Waals surface area contributed by atoms with Crippen LogP contribution < -0.4 is 14.8 Å². The minimum Gasteiger partial charge on any atom is -0.493 e. The lowest BCUT2D eigenvalue weighted by molar-refractivity contribution is -0.115. The molecule has 0 bridgehead atoms. The van der Waals surface area contributed by atoms with Gasteiger partial charge in [0.1, 0.15) is 5.82 Å². The standard InChI is InChI=1S/C24H29FN4O3S/c1-15(2)14-29-22(16(3)32-21-9-7-6-8-20(21)31-5)27-28-24(29)33-17(4)23(30)26-19-12-10-18(25)11-13-19/h6-13,15-17H,14H2,1-5H3,(H,26,30). The summed E-state index contributed by atoms with van der Waals surface area (Å²) >= 11 is 1.32. The summed E-state index contributed by atoms with van der Waals surface area (Å²) in [6, 6.07) is 13.1. The molecule has 3 aromatic rings. The van der Waals surface area contributed by atoms with Crippen molar-refractivity contribution in [2.24, 2.45) is 5.92 Å². The van der Waals surface area contributed by atoms with E-state index in [-0.39, 0.29) is 17.8 Å². The van der Waals surface area contributed by atoms with E-state index in [0.717, 1.165) is 0 Å². The first kappa shape index (κ1) is 24.6. The van der Waals surface area contributed by atoms with E-state index in [4.69, 9.17) is 9.47 Å². The van der Waals surface area contributed by atoms with E-state index in [2.05, 4.69) is 29.4 Å². The molecule has 0 saturated carbocycles. The number of carbonyl (C=O) groups excluding carboxylic acids is 1. The summed E-state index contributed by atoms with van der Waals surface area (Å²) in [6.07, 6.45) is -0.384. The largest absolute Gasteiger partial charge is 0.493 e. The smallest absolute Gasteiger partial charge is 0.237 e. The summed E-state index contributed by atoms with van der Waals surface area (Å²) in [6.45, 7) is 8.60. The highest BCUT2D eigenvalue weighted by atomic mass is 32.2. The number of thioether (sulfide) groups is 1. The van der Waals surface area contributed by atoms with Gasteiger partial charge in [-0.05, 0) is 56.2 Å². The number of para-hydroxylation sites is 2. The fraction of sp³-hybridized carbons (Fsp3) is 0.375. The van der Waals surface area contributed by atoms with Gasteiger partial charge >= 0.3 is 0 Å². The number of nitrogens with zero attached hydrogens (tertiary/aromatic N) is 3. The predicted octanol–water partition coefficient (Wildman–Crippen LogP) is 5.34. The number of halogens is 1. The van der Waals surface area contributed by atoms with Crippen LogP contribution in [0.4, 0.5) is 10.1 Å². The van der Waals surface area contributed by atoms with Crippen molar-refractivity contribution in [1.82, 2.24) is 14.8 Å². The van der Waals surface area contributed by atoms with Gasteiger partial charge in [-0.25, -0.2) is 4.39 Å². The van der Waals surface area contributed by atoms with Crippen molar-refractivity contribution in [2.75, 3.05) is 12.4 Å². The van der Waals surface area contributed by atoms with Crippen LogP contribution in [0.2, 0.25) is 0 Å². The lowest BCUT2D eigenvalue weighted by atomic mass is 10.2. The Balaban J connectivity index is 1.76. The van der Waals surface area contributed by atoms with Gasteiger partial charge in [-0.3, -0.25) is 4.79 Å². The molecule has 9 heteroatoms. The first-order valence-corrected chi connectivity index (χ1v) is 11.6. The topological polar surface area (TPSA) is 78.3 Å². The fourth-order valence-corrected chi connectivity index (χ4v) is 4.04. The zero-order chi connectivity index (χ0) is 24.0. The average molecular weight is 473 g/mol. The predicted molar refractivity (Wildman–Crippen MR) is 127 cm³/mol. The van der Waals surface area contributed by atoms with Crippen molar-refractivity contribution in [2.45, 2.75) is 50.8 Å². The minimum absolute atomic E-state index is 0.203. The second-order valence-electron chi connectivity index (χ2n) is 8.01. The zero-order valence-electron chi connectivity index (χ0n) is 19.4. The summed E-state index contributed by atoms with van der Waals surface area (Å²) in [4.78, 5) is 12.7. The van der Waals surface area contributed by atoms with Crippen LogP contribution in [-0.4, -0.2) is 33.0 Å². The maximum atomic E-state index is 13.1. The zero-order valence-corrected chi connectivity index (χ0v) is 20.2. The van der Waals surface area contributed by atoms with Crippen molar-refractivity contribution in [1.29, 1.82) is 0 Å². The molecule has 1 heterocycles. The third-order valence-electron chi connectivity index (χ3n) is 4.79. The third kappa shape index (κ3) is 6.47. The van der Waals surface area contributed by atoms with Crippen molar-refractivity contribution in [3.63, 3.8) is 0 Å². The van der Waals surface area contributed by atoms with Gasteiger partial charge in [0.2, 0.25) is 5.91 Å². The molecule has 0 radical (unpaired) electrons. The number of aromatic nitrogens is 3. The molecule has 1 N–H and O–H groups in total. The number of anilines is 1. The number of hydrogen-bond donors (Lipinski definition) is 1. The van der Waals surface area contributed by atoms with Crippen LogP contribution in [0.5, 0.6) is 11.5 Å². The number of hydrogen-bond acceptors (Lipinski definition) is 6. The Morgan fingerprint density at radius 3 is 2.36 bits per heavy atom. The van der Waals surface area contributed by atoms with Crippen LogP contribution in [0.3, 0.4) is 0 Å². The van der Waals surface area contributed by atoms with Gasteiger partial charge in [0, 0.05) is 12.2 Å². The second-order valence-corrected chi connectivity index (χ2v) is 9.32. The lowest BCUT2D eigenvalue weighted by Gasteiger charge is -2.19. The summed E-state index contributed by atoms with van der Waals surface area (Å²) in [7, 11) is 1.60. The van der Waals surface area contributed by atoms with Crippen molar-refractivity contribution < 1.29 is 18.7 Å². The molecule has 0 aliphatic rings.